The minimum atomic E-state index is 0.732. The van der Waals surface area contributed by atoms with Crippen molar-refractivity contribution in [2.45, 2.75) is 51.4 Å². The van der Waals surface area contributed by atoms with E-state index in [1.807, 2.05) is 0 Å². The highest BCUT2D eigenvalue weighted by atomic mass is 15.6. The first-order chi connectivity index (χ1) is 8.00. The summed E-state index contributed by atoms with van der Waals surface area (Å²) in [5.74, 6) is 0. The molecule has 6 heteroatoms. The van der Waals surface area contributed by atoms with Gasteiger partial charge in [0.25, 0.3) is 0 Å². The van der Waals surface area contributed by atoms with Gasteiger partial charge in [0.15, 0.2) is 0 Å². The monoisotopic (exact) mass is 224 g/mol. The van der Waals surface area contributed by atoms with Gasteiger partial charge in [-0.2, -0.15) is 10.2 Å². The Morgan fingerprint density at radius 1 is 0.375 bits per heavy atom. The second kappa shape index (κ2) is 10.3. The molecule has 6 nitrogen and oxygen atoms in total. The zero-order valence-corrected chi connectivity index (χ0v) is 9.75. The third-order valence-electron chi connectivity index (χ3n) is 2.51. The predicted octanol–water partition coefficient (Wildman–Crippen LogP) is 4.31. The van der Waals surface area contributed by atoms with Crippen molar-refractivity contribution in [3.63, 3.8) is 0 Å². The summed E-state index contributed by atoms with van der Waals surface area (Å²) in [7, 11) is 0. The lowest BCUT2D eigenvalue weighted by molar-refractivity contribution is 0.564. The molecule has 0 radical (unpaired) electrons. The van der Waals surface area contributed by atoms with Crippen LogP contribution in [0.15, 0.2) is 31.1 Å². The second-order valence-electron chi connectivity index (χ2n) is 3.92. The van der Waals surface area contributed by atoms with E-state index in [0.29, 0.717) is 0 Å². The maximum absolute atomic E-state index is 3.86. The molecule has 1 aliphatic rings. The zero-order chi connectivity index (χ0) is 11.3. The second-order valence-corrected chi connectivity index (χ2v) is 3.92. The van der Waals surface area contributed by atoms with E-state index in [4.69, 9.17) is 0 Å². The van der Waals surface area contributed by atoms with Gasteiger partial charge in [-0.1, -0.05) is 38.5 Å². The summed E-state index contributed by atoms with van der Waals surface area (Å²) in [6.45, 7) is 1.46. The van der Waals surface area contributed by atoms with Crippen LogP contribution in [0.4, 0.5) is 0 Å². The highest BCUT2D eigenvalue weighted by Crippen LogP contribution is 2.09. The molecule has 16 heavy (non-hydrogen) atoms. The quantitative estimate of drug-likeness (QED) is 0.588. The molecule has 0 spiro atoms. The zero-order valence-electron chi connectivity index (χ0n) is 9.75. The number of rotatable bonds is 0. The Bertz CT molecular complexity index is 211. The SMILES string of the molecule is C1CCCCCN=NN=NN=NCCCC1. The fourth-order valence-electron chi connectivity index (χ4n) is 1.61. The molecule has 1 heterocycles. The summed E-state index contributed by atoms with van der Waals surface area (Å²) in [5.41, 5.74) is 0. The normalized spacial score (nSPS) is 21.0. The van der Waals surface area contributed by atoms with Gasteiger partial charge in [0.2, 0.25) is 0 Å². The number of hydrogen-bond acceptors (Lipinski definition) is 6. The van der Waals surface area contributed by atoms with Crippen LogP contribution >= 0.6 is 0 Å². The molecule has 0 saturated carbocycles. The minimum Gasteiger partial charge on any atom is -0.167 e. The van der Waals surface area contributed by atoms with E-state index in [9.17, 15) is 0 Å². The molecular formula is C10H20N6. The van der Waals surface area contributed by atoms with E-state index < -0.39 is 0 Å². The molecule has 0 fully saturated rings. The maximum atomic E-state index is 3.86. The summed E-state index contributed by atoms with van der Waals surface area (Å²) in [6.07, 6.45) is 9.90. The highest BCUT2D eigenvalue weighted by Gasteiger charge is 1.92. The van der Waals surface area contributed by atoms with Gasteiger partial charge in [-0.3, -0.25) is 0 Å². The molecule has 0 N–H and O–H groups in total. The van der Waals surface area contributed by atoms with E-state index in [0.717, 1.165) is 25.9 Å². The molecule has 0 aliphatic carbocycles. The van der Waals surface area contributed by atoms with Crippen LogP contribution in [0, 0.1) is 0 Å². The van der Waals surface area contributed by atoms with Crippen molar-refractivity contribution in [1.82, 2.24) is 0 Å². The van der Waals surface area contributed by atoms with Crippen molar-refractivity contribution < 1.29 is 0 Å². The summed E-state index contributed by atoms with van der Waals surface area (Å²) < 4.78 is 0. The van der Waals surface area contributed by atoms with Crippen LogP contribution in [-0.4, -0.2) is 13.1 Å². The minimum absolute atomic E-state index is 0.732. The number of hydrogen-bond donors (Lipinski definition) is 0. The van der Waals surface area contributed by atoms with Gasteiger partial charge in [-0.05, 0) is 33.7 Å². The van der Waals surface area contributed by atoms with Gasteiger partial charge in [-0.15, -0.1) is 0 Å². The van der Waals surface area contributed by atoms with Crippen LogP contribution in [0.5, 0.6) is 0 Å². The first-order valence-corrected chi connectivity index (χ1v) is 6.13. The predicted molar refractivity (Wildman–Crippen MR) is 61.2 cm³/mol. The first-order valence-electron chi connectivity index (χ1n) is 6.13. The van der Waals surface area contributed by atoms with E-state index in [1.165, 1.54) is 38.5 Å². The van der Waals surface area contributed by atoms with Crippen LogP contribution in [0.25, 0.3) is 0 Å². The lowest BCUT2D eigenvalue weighted by Crippen LogP contribution is -1.85. The van der Waals surface area contributed by atoms with Crippen LogP contribution < -0.4 is 0 Å². The van der Waals surface area contributed by atoms with Crippen molar-refractivity contribution in [2.75, 3.05) is 13.1 Å². The van der Waals surface area contributed by atoms with E-state index in [-0.39, 0.29) is 0 Å². The maximum Gasteiger partial charge on any atom is 0.0621 e. The highest BCUT2D eigenvalue weighted by molar-refractivity contribution is 4.49. The molecule has 0 amide bonds. The molecule has 0 unspecified atom stereocenters. The van der Waals surface area contributed by atoms with Crippen molar-refractivity contribution in [3.8, 4) is 0 Å². The lowest BCUT2D eigenvalue weighted by Gasteiger charge is -2.00. The van der Waals surface area contributed by atoms with Gasteiger partial charge in [-0.25, -0.2) is 0 Å². The van der Waals surface area contributed by atoms with Crippen LogP contribution in [0.1, 0.15) is 51.4 Å². The van der Waals surface area contributed by atoms with Crippen LogP contribution in [0.3, 0.4) is 0 Å². The van der Waals surface area contributed by atoms with Crippen molar-refractivity contribution >= 4 is 0 Å². The van der Waals surface area contributed by atoms with Crippen molar-refractivity contribution in [2.24, 2.45) is 31.1 Å². The summed E-state index contributed by atoms with van der Waals surface area (Å²) in [6, 6.07) is 0. The molecule has 0 saturated heterocycles. The van der Waals surface area contributed by atoms with Crippen LogP contribution in [-0.2, 0) is 0 Å². The van der Waals surface area contributed by atoms with Gasteiger partial charge < -0.3 is 0 Å². The van der Waals surface area contributed by atoms with Crippen molar-refractivity contribution in [3.05, 3.63) is 0 Å². The average molecular weight is 224 g/mol. The molecule has 0 aromatic carbocycles. The van der Waals surface area contributed by atoms with E-state index >= 15 is 0 Å². The average Bonchev–Trinajstić information content (AvgIpc) is 2.29. The Kier molecular flexibility index (Phi) is 8.30. The van der Waals surface area contributed by atoms with Gasteiger partial charge in [0, 0.05) is 0 Å². The fourth-order valence-corrected chi connectivity index (χ4v) is 1.61. The molecule has 0 aromatic rings. The molecular weight excluding hydrogens is 204 g/mol. The largest absolute Gasteiger partial charge is 0.167 e. The summed E-state index contributed by atoms with van der Waals surface area (Å²) in [5, 5.41) is 21.6. The van der Waals surface area contributed by atoms with Gasteiger partial charge in [0.05, 0.1) is 13.1 Å². The molecule has 0 bridgehead atoms. The van der Waals surface area contributed by atoms with E-state index in [1.54, 1.807) is 0 Å². The Balaban J connectivity index is 2.23. The lowest BCUT2D eigenvalue weighted by atomic mass is 10.1. The molecule has 90 valence electrons. The Morgan fingerprint density at radius 2 is 0.750 bits per heavy atom. The first kappa shape index (κ1) is 12.9. The van der Waals surface area contributed by atoms with Gasteiger partial charge >= 0.3 is 0 Å². The number of nitrogens with zero attached hydrogens (tertiary/aromatic N) is 6. The van der Waals surface area contributed by atoms with E-state index in [2.05, 4.69) is 31.1 Å². The summed E-state index contributed by atoms with van der Waals surface area (Å²) >= 11 is 0. The smallest absolute Gasteiger partial charge is 0.0621 e. The summed E-state index contributed by atoms with van der Waals surface area (Å²) in [4.78, 5) is 0. The fraction of sp³-hybridized carbons (Fsp3) is 1.00. The Hall–Kier alpha value is -1.20. The molecule has 0 aromatic heterocycles. The molecule has 0 atom stereocenters. The van der Waals surface area contributed by atoms with Crippen LogP contribution in [0.2, 0.25) is 0 Å². The van der Waals surface area contributed by atoms with Gasteiger partial charge in [0.1, 0.15) is 0 Å². The standard InChI is InChI=1S/C10H20N6/c1-2-4-6-8-10-12-14-16-15-13-11-9-7-5-3-1/h1-10H2. The third-order valence-corrected chi connectivity index (χ3v) is 2.51. The molecule has 1 rings (SSSR count). The third kappa shape index (κ3) is 8.14. The Labute approximate surface area is 96.3 Å². The Morgan fingerprint density at radius 3 is 1.19 bits per heavy atom. The topological polar surface area (TPSA) is 74.2 Å². The molecule has 1 aliphatic heterocycles. The van der Waals surface area contributed by atoms with Crippen molar-refractivity contribution in [1.29, 1.82) is 0 Å².